The van der Waals surface area contributed by atoms with E-state index in [0.29, 0.717) is 28.3 Å². The molecule has 0 spiro atoms. The quantitative estimate of drug-likeness (QED) is 0.338. The topological polar surface area (TPSA) is 79.3 Å². The van der Waals surface area contributed by atoms with Gasteiger partial charge in [0.25, 0.3) is 11.7 Å². The Hall–Kier alpha value is -4.26. The minimum absolute atomic E-state index is 0.0546. The number of aryl methyl sites for hydroxylation is 2. The van der Waals surface area contributed by atoms with Gasteiger partial charge < -0.3 is 19.5 Å². The largest absolute Gasteiger partial charge is 0.507 e. The number of nitrogens with zero attached hydrogens (tertiary/aromatic N) is 2. The summed E-state index contributed by atoms with van der Waals surface area (Å²) in [4.78, 5) is 30.2. The molecule has 0 saturated carbocycles. The van der Waals surface area contributed by atoms with Gasteiger partial charge in [-0.25, -0.2) is 0 Å². The summed E-state index contributed by atoms with van der Waals surface area (Å²) in [6.45, 7) is 3.88. The Morgan fingerprint density at radius 2 is 1.66 bits per heavy atom. The Bertz CT molecular complexity index is 1370. The normalized spacial score (nSPS) is 18.3. The van der Waals surface area contributed by atoms with Crippen LogP contribution in [0.3, 0.4) is 0 Å². The van der Waals surface area contributed by atoms with Crippen LogP contribution in [-0.4, -0.2) is 37.7 Å². The van der Waals surface area contributed by atoms with Gasteiger partial charge in [0.15, 0.2) is 11.5 Å². The van der Waals surface area contributed by atoms with Gasteiger partial charge in [-0.15, -0.1) is 0 Å². The zero-order chi connectivity index (χ0) is 24.9. The van der Waals surface area contributed by atoms with Gasteiger partial charge >= 0.3 is 0 Å². The van der Waals surface area contributed by atoms with E-state index in [9.17, 15) is 14.7 Å². The zero-order valence-corrected chi connectivity index (χ0v) is 20.0. The molecule has 1 atom stereocenters. The smallest absolute Gasteiger partial charge is 0.300 e. The average molecular weight is 471 g/mol. The van der Waals surface area contributed by atoms with Crippen LogP contribution in [0.2, 0.25) is 0 Å². The van der Waals surface area contributed by atoms with E-state index in [1.165, 1.54) is 4.90 Å². The molecule has 0 bridgehead atoms. The standard InChI is InChI=1S/C28H26N2O5/c1-16-5-6-17(2)21(13-16)26(31)24-25(18-7-9-19(10-8-18)29(3)4)30(28(33)27(24)32)20-11-12-22-23(14-20)35-15-34-22/h5-14,25,31H,15H2,1-4H3/b26-24+. The number of rotatable bonds is 4. The molecule has 35 heavy (non-hydrogen) atoms. The van der Waals surface area contributed by atoms with Crippen LogP contribution in [0.25, 0.3) is 5.76 Å². The number of anilines is 2. The van der Waals surface area contributed by atoms with Crippen LogP contribution in [0.4, 0.5) is 11.4 Å². The van der Waals surface area contributed by atoms with Crippen molar-refractivity contribution in [2.24, 2.45) is 0 Å². The number of fused-ring (bicyclic) bond motifs is 1. The monoisotopic (exact) mass is 470 g/mol. The van der Waals surface area contributed by atoms with Crippen molar-refractivity contribution < 1.29 is 24.2 Å². The minimum atomic E-state index is -0.813. The molecular weight excluding hydrogens is 444 g/mol. The highest BCUT2D eigenvalue weighted by atomic mass is 16.7. The third kappa shape index (κ3) is 3.79. The molecule has 7 heteroatoms. The number of aliphatic hydroxyl groups is 1. The van der Waals surface area contributed by atoms with Crippen LogP contribution in [0.15, 0.2) is 66.2 Å². The number of ether oxygens (including phenoxy) is 2. The lowest BCUT2D eigenvalue weighted by Gasteiger charge is -2.26. The molecule has 2 aliphatic rings. The summed E-state index contributed by atoms with van der Waals surface area (Å²) in [5.74, 6) is -0.553. The Morgan fingerprint density at radius 1 is 0.943 bits per heavy atom. The maximum absolute atomic E-state index is 13.4. The van der Waals surface area contributed by atoms with Crippen molar-refractivity contribution in [1.29, 1.82) is 0 Å². The number of hydrogen-bond donors (Lipinski definition) is 1. The Labute approximate surface area is 203 Å². The Balaban J connectivity index is 1.72. The predicted octanol–water partition coefficient (Wildman–Crippen LogP) is 4.72. The number of carbonyl (C=O) groups is 2. The summed E-state index contributed by atoms with van der Waals surface area (Å²) < 4.78 is 10.9. The van der Waals surface area contributed by atoms with Gasteiger partial charge in [-0.05, 0) is 55.3 Å². The molecule has 1 saturated heterocycles. The summed E-state index contributed by atoms with van der Waals surface area (Å²) in [6.07, 6.45) is 0. The van der Waals surface area contributed by atoms with E-state index in [4.69, 9.17) is 9.47 Å². The zero-order valence-electron chi connectivity index (χ0n) is 20.0. The van der Waals surface area contributed by atoms with Gasteiger partial charge in [-0.2, -0.15) is 0 Å². The van der Waals surface area contributed by atoms with Crippen molar-refractivity contribution >= 4 is 28.8 Å². The third-order valence-electron chi connectivity index (χ3n) is 6.45. The molecule has 1 N–H and O–H groups in total. The molecule has 3 aromatic carbocycles. The average Bonchev–Trinajstić information content (AvgIpc) is 3.42. The second-order valence-corrected chi connectivity index (χ2v) is 9.01. The molecule has 178 valence electrons. The number of amides is 1. The second-order valence-electron chi connectivity index (χ2n) is 9.01. The second kappa shape index (κ2) is 8.51. The first-order valence-electron chi connectivity index (χ1n) is 11.3. The van der Waals surface area contributed by atoms with Crippen LogP contribution in [-0.2, 0) is 9.59 Å². The fourth-order valence-corrected chi connectivity index (χ4v) is 4.54. The lowest BCUT2D eigenvalue weighted by molar-refractivity contribution is -0.132. The summed E-state index contributed by atoms with van der Waals surface area (Å²) in [7, 11) is 3.88. The molecule has 1 unspecified atom stereocenters. The molecule has 0 aliphatic carbocycles. The van der Waals surface area contributed by atoms with Gasteiger partial charge in [0.05, 0.1) is 11.6 Å². The highest BCUT2D eigenvalue weighted by Crippen LogP contribution is 2.45. The van der Waals surface area contributed by atoms with Gasteiger partial charge in [0.2, 0.25) is 6.79 Å². The van der Waals surface area contributed by atoms with Crippen LogP contribution >= 0.6 is 0 Å². The summed E-state index contributed by atoms with van der Waals surface area (Å²) in [6, 6.07) is 17.6. The third-order valence-corrected chi connectivity index (χ3v) is 6.45. The minimum Gasteiger partial charge on any atom is -0.507 e. The van der Waals surface area contributed by atoms with E-state index in [0.717, 1.165) is 16.8 Å². The van der Waals surface area contributed by atoms with Gasteiger partial charge in [0.1, 0.15) is 5.76 Å². The fourth-order valence-electron chi connectivity index (χ4n) is 4.54. The highest BCUT2D eigenvalue weighted by molar-refractivity contribution is 6.51. The molecule has 3 aromatic rings. The molecule has 1 amide bonds. The van der Waals surface area contributed by atoms with Crippen molar-refractivity contribution in [3.05, 3.63) is 88.5 Å². The maximum atomic E-state index is 13.4. The lowest BCUT2D eigenvalue weighted by Crippen LogP contribution is -2.29. The van der Waals surface area contributed by atoms with E-state index in [-0.39, 0.29) is 18.1 Å². The first-order chi connectivity index (χ1) is 16.8. The van der Waals surface area contributed by atoms with E-state index >= 15 is 0 Å². The lowest BCUT2D eigenvalue weighted by atomic mass is 9.93. The molecule has 0 aromatic heterocycles. The Morgan fingerprint density at radius 3 is 2.37 bits per heavy atom. The Kier molecular flexibility index (Phi) is 5.47. The number of hydrogen-bond acceptors (Lipinski definition) is 6. The van der Waals surface area contributed by atoms with Crippen LogP contribution in [0.1, 0.15) is 28.3 Å². The molecule has 0 radical (unpaired) electrons. The van der Waals surface area contributed by atoms with Gasteiger partial charge in [0, 0.05) is 37.1 Å². The summed E-state index contributed by atoms with van der Waals surface area (Å²) >= 11 is 0. The molecule has 2 aliphatic heterocycles. The molecule has 5 rings (SSSR count). The van der Waals surface area contributed by atoms with Crippen molar-refractivity contribution in [1.82, 2.24) is 0 Å². The summed E-state index contributed by atoms with van der Waals surface area (Å²) in [5.41, 5.74) is 4.50. The van der Waals surface area contributed by atoms with Crippen molar-refractivity contribution in [3.63, 3.8) is 0 Å². The van der Waals surface area contributed by atoms with Crippen molar-refractivity contribution in [2.45, 2.75) is 19.9 Å². The SMILES string of the molecule is Cc1ccc(C)c(/C(O)=C2\C(=O)C(=O)N(c3ccc4c(c3)OCO4)C2c2ccc(N(C)C)cc2)c1. The number of carbonyl (C=O) groups excluding carboxylic acids is 2. The van der Waals surface area contributed by atoms with E-state index in [2.05, 4.69) is 0 Å². The highest BCUT2D eigenvalue weighted by Gasteiger charge is 2.47. The molecule has 1 fully saturated rings. The maximum Gasteiger partial charge on any atom is 0.300 e. The van der Waals surface area contributed by atoms with Crippen LogP contribution in [0.5, 0.6) is 11.5 Å². The summed E-state index contributed by atoms with van der Waals surface area (Å²) in [5, 5.41) is 11.4. The fraction of sp³-hybridized carbons (Fsp3) is 0.214. The van der Waals surface area contributed by atoms with Crippen molar-refractivity contribution in [3.8, 4) is 11.5 Å². The number of Topliss-reactive ketones (excluding diaryl/α,β-unsaturated/α-hetero) is 1. The number of benzene rings is 3. The van der Waals surface area contributed by atoms with E-state index < -0.39 is 17.7 Å². The first-order valence-corrected chi connectivity index (χ1v) is 11.3. The van der Waals surface area contributed by atoms with Crippen molar-refractivity contribution in [2.75, 3.05) is 30.7 Å². The first kappa shape index (κ1) is 22.5. The molecule has 2 heterocycles. The number of ketones is 1. The van der Waals surface area contributed by atoms with Crippen LogP contribution in [0, 0.1) is 13.8 Å². The molecule has 7 nitrogen and oxygen atoms in total. The van der Waals surface area contributed by atoms with Crippen LogP contribution < -0.4 is 19.3 Å². The van der Waals surface area contributed by atoms with Gasteiger partial charge in [-0.1, -0.05) is 29.8 Å². The van der Waals surface area contributed by atoms with E-state index in [1.54, 1.807) is 18.2 Å². The van der Waals surface area contributed by atoms with Gasteiger partial charge in [-0.3, -0.25) is 14.5 Å². The predicted molar refractivity (Wildman–Crippen MR) is 134 cm³/mol. The molecular formula is C28H26N2O5. The number of aliphatic hydroxyl groups excluding tert-OH is 1. The van der Waals surface area contributed by atoms with E-state index in [1.807, 2.05) is 75.3 Å².